The number of benzene rings is 2. The van der Waals surface area contributed by atoms with Crippen LogP contribution in [-0.4, -0.2) is 11.6 Å². The van der Waals surface area contributed by atoms with E-state index >= 15 is 0 Å². The van der Waals surface area contributed by atoms with Crippen molar-refractivity contribution in [3.8, 4) is 0 Å². The highest BCUT2D eigenvalue weighted by Crippen LogP contribution is 2.08. The molecule has 0 spiro atoms. The predicted molar refractivity (Wildman–Crippen MR) is 87.3 cm³/mol. The first-order chi connectivity index (χ1) is 11.2. The maximum Gasteiger partial charge on any atom is 0.227 e. The number of nitrogens with zero attached hydrogens (tertiary/aromatic N) is 1. The minimum absolute atomic E-state index is 0. The summed E-state index contributed by atoms with van der Waals surface area (Å²) in [5.41, 5.74) is 1.95. The van der Waals surface area contributed by atoms with Crippen molar-refractivity contribution in [3.05, 3.63) is 102 Å². The summed E-state index contributed by atoms with van der Waals surface area (Å²) in [6, 6.07) is 21.8. The number of carbonyl (C=O) groups excluding carboxylic acids is 2. The molecular weight excluding hydrogens is 366 g/mol. The van der Waals surface area contributed by atoms with Crippen LogP contribution in [0.1, 0.15) is 26.3 Å². The van der Waals surface area contributed by atoms with Gasteiger partial charge in [0.2, 0.25) is 12.3 Å². The minimum atomic E-state index is -0.0212. The summed E-state index contributed by atoms with van der Waals surface area (Å²) < 4.78 is 1.77. The summed E-state index contributed by atoms with van der Waals surface area (Å²) >= 11 is 0. The molecule has 0 fully saturated rings. The summed E-state index contributed by atoms with van der Waals surface area (Å²) in [7, 11) is 0. The lowest BCUT2D eigenvalue weighted by Gasteiger charge is -2.01. The number of hydrogen-bond donors (Lipinski definition) is 0. The van der Waals surface area contributed by atoms with Gasteiger partial charge in [0.1, 0.15) is 0 Å². The highest BCUT2D eigenvalue weighted by atomic mass is 79.9. The Bertz CT molecular complexity index is 815. The maximum atomic E-state index is 12.3. The van der Waals surface area contributed by atoms with Crippen LogP contribution in [0.2, 0.25) is 0 Å². The van der Waals surface area contributed by atoms with Gasteiger partial charge in [-0.3, -0.25) is 9.59 Å². The van der Waals surface area contributed by atoms with Crippen LogP contribution < -0.4 is 21.5 Å². The van der Waals surface area contributed by atoms with E-state index in [2.05, 4.69) is 0 Å². The molecule has 0 aliphatic carbocycles. The molecule has 0 N–H and O–H groups in total. The van der Waals surface area contributed by atoms with Crippen molar-refractivity contribution in [1.82, 2.24) is 0 Å². The fourth-order valence-electron chi connectivity index (χ4n) is 2.35. The number of hydrogen-bond acceptors (Lipinski definition) is 2. The van der Waals surface area contributed by atoms with Crippen molar-refractivity contribution < 1.29 is 31.1 Å². The zero-order valence-corrected chi connectivity index (χ0v) is 14.5. The van der Waals surface area contributed by atoms with E-state index in [9.17, 15) is 9.59 Å². The third kappa shape index (κ3) is 4.24. The zero-order chi connectivity index (χ0) is 16.1. The Morgan fingerprint density at radius 1 is 0.667 bits per heavy atom. The first-order valence-electron chi connectivity index (χ1n) is 7.41. The molecule has 3 aromatic rings. The number of aromatic nitrogens is 1. The molecular formula is C20H16BrNO2. The minimum Gasteiger partial charge on any atom is -1.00 e. The van der Waals surface area contributed by atoms with Crippen LogP contribution in [-0.2, 0) is 6.54 Å². The van der Waals surface area contributed by atoms with Gasteiger partial charge >= 0.3 is 0 Å². The second-order valence-electron chi connectivity index (χ2n) is 5.24. The molecule has 1 heterocycles. The Kier molecular flexibility index (Phi) is 6.15. The smallest absolute Gasteiger partial charge is 0.227 e. The van der Waals surface area contributed by atoms with Crippen LogP contribution in [0.25, 0.3) is 0 Å². The first-order valence-corrected chi connectivity index (χ1v) is 7.41. The fourth-order valence-corrected chi connectivity index (χ4v) is 2.35. The number of carbonyl (C=O) groups is 2. The van der Waals surface area contributed by atoms with E-state index in [1.165, 1.54) is 0 Å². The lowest BCUT2D eigenvalue weighted by molar-refractivity contribution is -0.683. The van der Waals surface area contributed by atoms with Crippen LogP contribution in [0.15, 0.2) is 85.2 Å². The Hall–Kier alpha value is -2.59. The zero-order valence-electron chi connectivity index (χ0n) is 12.9. The largest absolute Gasteiger partial charge is 1.00 e. The summed E-state index contributed by atoms with van der Waals surface area (Å²) in [5.74, 6) is 0.0184. The van der Waals surface area contributed by atoms with Crippen LogP contribution >= 0.6 is 0 Å². The van der Waals surface area contributed by atoms with Gasteiger partial charge in [-0.15, -0.1) is 0 Å². The SMILES string of the molecule is O=C(C[n+]1ccc(C(=O)c2ccccc2)cc1)c1ccccc1.[Br-]. The van der Waals surface area contributed by atoms with E-state index in [0.29, 0.717) is 16.7 Å². The topological polar surface area (TPSA) is 38.0 Å². The van der Waals surface area contributed by atoms with Crippen molar-refractivity contribution in [2.75, 3.05) is 0 Å². The van der Waals surface area contributed by atoms with Crippen molar-refractivity contribution in [3.63, 3.8) is 0 Å². The second kappa shape index (κ2) is 8.31. The molecule has 0 saturated heterocycles. The Labute approximate surface area is 151 Å². The summed E-state index contributed by atoms with van der Waals surface area (Å²) in [5, 5.41) is 0. The predicted octanol–water partition coefficient (Wildman–Crippen LogP) is 0.0920. The first kappa shape index (κ1) is 17.8. The molecule has 1 aromatic heterocycles. The molecule has 0 atom stereocenters. The van der Waals surface area contributed by atoms with Gasteiger partial charge in [-0.05, 0) is 0 Å². The van der Waals surface area contributed by atoms with Gasteiger partial charge in [0.25, 0.3) is 0 Å². The molecule has 0 saturated carbocycles. The van der Waals surface area contributed by atoms with Gasteiger partial charge in [-0.1, -0.05) is 60.7 Å². The van der Waals surface area contributed by atoms with E-state index in [-0.39, 0.29) is 35.1 Å². The lowest BCUT2D eigenvalue weighted by atomic mass is 10.0. The maximum absolute atomic E-state index is 12.3. The fraction of sp³-hybridized carbons (Fsp3) is 0.0500. The van der Waals surface area contributed by atoms with Gasteiger partial charge in [0.05, 0.1) is 0 Å². The number of rotatable bonds is 5. The third-order valence-electron chi connectivity index (χ3n) is 3.61. The third-order valence-corrected chi connectivity index (χ3v) is 3.61. The van der Waals surface area contributed by atoms with Gasteiger partial charge in [0, 0.05) is 28.8 Å². The van der Waals surface area contributed by atoms with Gasteiger partial charge in [-0.2, -0.15) is 4.57 Å². The lowest BCUT2D eigenvalue weighted by Crippen LogP contribution is -3.00. The molecule has 0 unspecified atom stereocenters. The van der Waals surface area contributed by atoms with E-state index in [1.54, 1.807) is 53.4 Å². The van der Waals surface area contributed by atoms with E-state index in [1.807, 2.05) is 36.4 Å². The molecule has 0 radical (unpaired) electrons. The summed E-state index contributed by atoms with van der Waals surface area (Å²) in [4.78, 5) is 24.5. The molecule has 0 aliphatic rings. The quantitative estimate of drug-likeness (QED) is 0.464. The number of halogens is 1. The van der Waals surface area contributed by atoms with Gasteiger partial charge in [-0.25, -0.2) is 0 Å². The Morgan fingerprint density at radius 2 is 1.12 bits per heavy atom. The Balaban J connectivity index is 0.00000208. The van der Waals surface area contributed by atoms with Crippen molar-refractivity contribution >= 4 is 11.6 Å². The number of ketones is 2. The second-order valence-corrected chi connectivity index (χ2v) is 5.24. The number of Topliss-reactive ketones (excluding diaryl/α,β-unsaturated/α-hetero) is 1. The van der Waals surface area contributed by atoms with Crippen molar-refractivity contribution in [1.29, 1.82) is 0 Å². The average Bonchev–Trinajstić information content (AvgIpc) is 2.63. The molecule has 3 nitrogen and oxygen atoms in total. The molecule has 120 valence electrons. The van der Waals surface area contributed by atoms with Crippen LogP contribution in [0, 0.1) is 0 Å². The van der Waals surface area contributed by atoms with Gasteiger partial charge in [0.15, 0.2) is 18.2 Å². The van der Waals surface area contributed by atoms with E-state index in [4.69, 9.17) is 0 Å². The molecule has 0 amide bonds. The molecule has 24 heavy (non-hydrogen) atoms. The van der Waals surface area contributed by atoms with Gasteiger partial charge < -0.3 is 17.0 Å². The summed E-state index contributed by atoms with van der Waals surface area (Å²) in [6.07, 6.45) is 3.52. The van der Waals surface area contributed by atoms with Crippen molar-refractivity contribution in [2.24, 2.45) is 0 Å². The average molecular weight is 382 g/mol. The molecule has 2 aromatic carbocycles. The standard InChI is InChI=1S/C20H16NO2.BrH/c22-19(16-7-3-1-4-8-16)15-21-13-11-18(12-14-21)20(23)17-9-5-2-6-10-17;/h1-14H,15H2;1H/q+1;/p-1. The molecule has 3 rings (SSSR count). The number of pyridine rings is 1. The monoisotopic (exact) mass is 381 g/mol. The Morgan fingerprint density at radius 3 is 1.67 bits per heavy atom. The van der Waals surface area contributed by atoms with Crippen LogP contribution in [0.5, 0.6) is 0 Å². The van der Waals surface area contributed by atoms with Crippen LogP contribution in [0.4, 0.5) is 0 Å². The van der Waals surface area contributed by atoms with E-state index < -0.39 is 0 Å². The summed E-state index contributed by atoms with van der Waals surface area (Å²) in [6.45, 7) is 0.254. The highest BCUT2D eigenvalue weighted by molar-refractivity contribution is 6.08. The molecule has 0 aliphatic heterocycles. The normalized spacial score (nSPS) is 9.83. The molecule has 4 heteroatoms. The highest BCUT2D eigenvalue weighted by Gasteiger charge is 2.14. The molecule has 0 bridgehead atoms. The van der Waals surface area contributed by atoms with E-state index in [0.717, 1.165) is 0 Å². The van der Waals surface area contributed by atoms with Crippen LogP contribution in [0.3, 0.4) is 0 Å². The van der Waals surface area contributed by atoms with Crippen molar-refractivity contribution in [2.45, 2.75) is 6.54 Å².